The van der Waals surface area contributed by atoms with Crippen LogP contribution in [0.5, 0.6) is 0 Å². The normalized spacial score (nSPS) is 13.0. The average Bonchev–Trinajstić information content (AvgIpc) is 2.03. The highest BCUT2D eigenvalue weighted by Gasteiger charge is 2.11. The van der Waals surface area contributed by atoms with E-state index in [1.807, 2.05) is 0 Å². The highest BCUT2D eigenvalue weighted by Crippen LogP contribution is 2.20. The minimum Gasteiger partial charge on any atom is -0.457 e. The molecule has 1 radical (unpaired) electrons. The predicted molar refractivity (Wildman–Crippen MR) is 49.5 cm³/mol. The Bertz CT molecular complexity index is 110. The molecule has 12 heavy (non-hydrogen) atoms. The summed E-state index contributed by atoms with van der Waals surface area (Å²) in [5, 5.41) is 0. The van der Waals surface area contributed by atoms with Crippen LogP contribution in [0.1, 0.15) is 40.0 Å². The van der Waals surface area contributed by atoms with Crippen molar-refractivity contribution in [1.82, 2.24) is 0 Å². The molecule has 0 aliphatic heterocycles. The van der Waals surface area contributed by atoms with Gasteiger partial charge in [0, 0.05) is 0 Å². The van der Waals surface area contributed by atoms with Gasteiger partial charge in [0.05, 0.1) is 6.61 Å². The summed E-state index contributed by atoms with van der Waals surface area (Å²) in [4.78, 5) is 9.77. The van der Waals surface area contributed by atoms with Crippen molar-refractivity contribution < 1.29 is 9.53 Å². The Labute approximate surface area is 75.3 Å². The van der Waals surface area contributed by atoms with E-state index in [2.05, 4.69) is 25.5 Å². The summed E-state index contributed by atoms with van der Waals surface area (Å²) in [7, 11) is 0. The van der Waals surface area contributed by atoms with Gasteiger partial charge in [0.2, 0.25) is 0 Å². The number of hydrogen-bond donors (Lipinski definition) is 0. The monoisotopic (exact) mass is 171 g/mol. The van der Waals surface area contributed by atoms with Crippen LogP contribution in [0.2, 0.25) is 0 Å². The zero-order valence-electron chi connectivity index (χ0n) is 8.30. The molecule has 0 N–H and O–H groups in total. The van der Waals surface area contributed by atoms with E-state index in [0.29, 0.717) is 18.4 Å². The second-order valence-corrected chi connectivity index (χ2v) is 3.51. The van der Waals surface area contributed by atoms with Crippen LogP contribution in [0.4, 0.5) is 0 Å². The van der Waals surface area contributed by atoms with Gasteiger partial charge in [-0.1, -0.05) is 33.6 Å². The van der Waals surface area contributed by atoms with E-state index in [9.17, 15) is 4.79 Å². The van der Waals surface area contributed by atoms with E-state index >= 15 is 0 Å². The van der Waals surface area contributed by atoms with E-state index in [-0.39, 0.29) is 0 Å². The Morgan fingerprint density at radius 1 is 1.33 bits per heavy atom. The molecule has 0 heterocycles. The molecule has 0 fully saturated rings. The summed E-state index contributed by atoms with van der Waals surface area (Å²) in [6.45, 7) is 8.58. The molecule has 71 valence electrons. The SMILES string of the molecule is CCCC(CCO[C]=O)C(C)C. The summed E-state index contributed by atoms with van der Waals surface area (Å²) in [5.41, 5.74) is 0. The topological polar surface area (TPSA) is 26.3 Å². The van der Waals surface area contributed by atoms with Crippen molar-refractivity contribution in [3.8, 4) is 0 Å². The third-order valence-electron chi connectivity index (χ3n) is 2.25. The van der Waals surface area contributed by atoms with Gasteiger partial charge in [-0.05, 0) is 18.3 Å². The number of carbonyl (C=O) groups excluding carboxylic acids is 1. The first kappa shape index (κ1) is 11.5. The Hall–Kier alpha value is -0.530. The second kappa shape index (κ2) is 7.14. The maximum absolute atomic E-state index is 9.77. The van der Waals surface area contributed by atoms with E-state index < -0.39 is 0 Å². The van der Waals surface area contributed by atoms with Gasteiger partial charge in [-0.3, -0.25) is 0 Å². The molecular formula is C10H19O2. The van der Waals surface area contributed by atoms with Crippen molar-refractivity contribution >= 4 is 6.47 Å². The Morgan fingerprint density at radius 3 is 2.42 bits per heavy atom. The van der Waals surface area contributed by atoms with Crippen molar-refractivity contribution in [1.29, 1.82) is 0 Å². The maximum atomic E-state index is 9.77. The first-order valence-corrected chi connectivity index (χ1v) is 4.71. The summed E-state index contributed by atoms with van der Waals surface area (Å²) in [6, 6.07) is 0. The first-order chi connectivity index (χ1) is 5.72. The molecule has 0 saturated heterocycles. The summed E-state index contributed by atoms with van der Waals surface area (Å²) in [6.07, 6.45) is 3.40. The zero-order chi connectivity index (χ0) is 9.40. The highest BCUT2D eigenvalue weighted by molar-refractivity contribution is 5.38. The van der Waals surface area contributed by atoms with Crippen LogP contribution in [-0.4, -0.2) is 13.1 Å². The van der Waals surface area contributed by atoms with E-state index in [1.54, 1.807) is 0 Å². The van der Waals surface area contributed by atoms with Gasteiger partial charge >= 0.3 is 6.47 Å². The fraction of sp³-hybridized carbons (Fsp3) is 0.900. The molecule has 1 atom stereocenters. The molecule has 0 spiro atoms. The lowest BCUT2D eigenvalue weighted by molar-refractivity contribution is 0.220. The van der Waals surface area contributed by atoms with E-state index in [1.165, 1.54) is 19.3 Å². The van der Waals surface area contributed by atoms with Crippen LogP contribution in [-0.2, 0) is 9.53 Å². The molecule has 0 aliphatic rings. The molecule has 0 amide bonds. The van der Waals surface area contributed by atoms with Crippen molar-refractivity contribution in [2.75, 3.05) is 6.61 Å². The number of rotatable bonds is 7. The van der Waals surface area contributed by atoms with Crippen LogP contribution >= 0.6 is 0 Å². The summed E-state index contributed by atoms with van der Waals surface area (Å²) in [5.74, 6) is 1.36. The van der Waals surface area contributed by atoms with Gasteiger partial charge in [-0.15, -0.1) is 0 Å². The predicted octanol–water partition coefficient (Wildman–Crippen LogP) is 2.53. The van der Waals surface area contributed by atoms with Crippen molar-refractivity contribution in [2.45, 2.75) is 40.0 Å². The van der Waals surface area contributed by atoms with Gasteiger partial charge in [0.25, 0.3) is 0 Å². The lowest BCUT2D eigenvalue weighted by Crippen LogP contribution is -2.11. The second-order valence-electron chi connectivity index (χ2n) is 3.51. The zero-order valence-corrected chi connectivity index (χ0v) is 8.30. The van der Waals surface area contributed by atoms with Gasteiger partial charge < -0.3 is 4.74 Å². The quantitative estimate of drug-likeness (QED) is 0.550. The Kier molecular flexibility index (Phi) is 6.82. The van der Waals surface area contributed by atoms with Gasteiger partial charge in [-0.2, -0.15) is 0 Å². The molecule has 2 nitrogen and oxygen atoms in total. The van der Waals surface area contributed by atoms with Gasteiger partial charge in [0.1, 0.15) is 0 Å². The molecule has 0 aliphatic carbocycles. The largest absolute Gasteiger partial charge is 0.457 e. The van der Waals surface area contributed by atoms with E-state index in [4.69, 9.17) is 0 Å². The fourth-order valence-electron chi connectivity index (χ4n) is 1.43. The summed E-state index contributed by atoms with van der Waals surface area (Å²) < 4.78 is 4.55. The molecule has 0 rings (SSSR count). The van der Waals surface area contributed by atoms with Crippen LogP contribution in [0.25, 0.3) is 0 Å². The van der Waals surface area contributed by atoms with Crippen LogP contribution in [0.15, 0.2) is 0 Å². The van der Waals surface area contributed by atoms with Crippen LogP contribution in [0, 0.1) is 11.8 Å². The van der Waals surface area contributed by atoms with Gasteiger partial charge in [-0.25, -0.2) is 4.79 Å². The van der Waals surface area contributed by atoms with Crippen molar-refractivity contribution in [3.63, 3.8) is 0 Å². The Morgan fingerprint density at radius 2 is 2.00 bits per heavy atom. The minimum atomic E-state index is 0.520. The average molecular weight is 171 g/mol. The fourth-order valence-corrected chi connectivity index (χ4v) is 1.43. The molecule has 2 heteroatoms. The molecule has 0 saturated carbocycles. The lowest BCUT2D eigenvalue weighted by Gasteiger charge is -2.18. The summed E-state index contributed by atoms with van der Waals surface area (Å²) >= 11 is 0. The molecule has 1 unspecified atom stereocenters. The van der Waals surface area contributed by atoms with Crippen molar-refractivity contribution in [3.05, 3.63) is 0 Å². The first-order valence-electron chi connectivity index (χ1n) is 4.71. The number of ether oxygens (including phenoxy) is 1. The third kappa shape index (κ3) is 5.16. The minimum absolute atomic E-state index is 0.520. The van der Waals surface area contributed by atoms with Crippen LogP contribution < -0.4 is 0 Å². The maximum Gasteiger partial charge on any atom is 0.417 e. The lowest BCUT2D eigenvalue weighted by atomic mass is 9.89. The van der Waals surface area contributed by atoms with E-state index in [0.717, 1.165) is 6.42 Å². The molecular weight excluding hydrogens is 152 g/mol. The molecule has 0 aromatic heterocycles. The van der Waals surface area contributed by atoms with Crippen molar-refractivity contribution in [2.24, 2.45) is 11.8 Å². The standard InChI is InChI=1S/C10H19O2/c1-4-5-10(9(2)3)6-7-12-8-11/h9-10H,4-7H2,1-3H3. The Balaban J connectivity index is 3.55. The van der Waals surface area contributed by atoms with Crippen LogP contribution in [0.3, 0.4) is 0 Å². The van der Waals surface area contributed by atoms with Gasteiger partial charge in [0.15, 0.2) is 0 Å². The number of hydrogen-bond acceptors (Lipinski definition) is 2. The third-order valence-corrected chi connectivity index (χ3v) is 2.25. The molecule has 0 aromatic rings. The molecule has 0 bridgehead atoms. The smallest absolute Gasteiger partial charge is 0.417 e. The molecule has 0 aromatic carbocycles. The highest BCUT2D eigenvalue weighted by atomic mass is 16.5.